The summed E-state index contributed by atoms with van der Waals surface area (Å²) in [5.74, 6) is -1.83. The molecule has 9 nitrogen and oxygen atoms in total. The molecule has 29 heavy (non-hydrogen) atoms. The molecule has 0 aliphatic heterocycles. The molecule has 160 valence electrons. The first kappa shape index (κ1) is 23.0. The van der Waals surface area contributed by atoms with Crippen LogP contribution < -0.4 is 10.1 Å². The van der Waals surface area contributed by atoms with Gasteiger partial charge in [-0.15, -0.1) is 10.2 Å². The van der Waals surface area contributed by atoms with Crippen molar-refractivity contribution in [3.8, 4) is 5.75 Å². The van der Waals surface area contributed by atoms with E-state index in [1.54, 1.807) is 0 Å². The predicted octanol–water partition coefficient (Wildman–Crippen LogP) is 1.82. The Balaban J connectivity index is 2.16. The maximum Gasteiger partial charge on any atom is 0.451 e. The maximum atomic E-state index is 12.7. The van der Waals surface area contributed by atoms with Gasteiger partial charge in [0.05, 0.1) is 23.4 Å². The number of amides is 1. The third-order valence-corrected chi connectivity index (χ3v) is 6.48. The lowest BCUT2D eigenvalue weighted by atomic mass is 10.3. The molecule has 0 radical (unpaired) electrons. The average Bonchev–Trinajstić information content (AvgIpc) is 3.00. The van der Waals surface area contributed by atoms with Crippen molar-refractivity contribution in [2.24, 2.45) is 7.05 Å². The van der Waals surface area contributed by atoms with Gasteiger partial charge in [0.25, 0.3) is 0 Å². The summed E-state index contributed by atoms with van der Waals surface area (Å²) in [5.41, 5.74) is 0.106. The highest BCUT2D eigenvalue weighted by molar-refractivity contribution is 7.99. The zero-order valence-corrected chi connectivity index (χ0v) is 17.4. The van der Waals surface area contributed by atoms with Crippen LogP contribution >= 0.6 is 11.8 Å². The summed E-state index contributed by atoms with van der Waals surface area (Å²) in [6.45, 7) is 0. The number of nitrogens with zero attached hydrogens (tertiary/aromatic N) is 4. The van der Waals surface area contributed by atoms with Crippen molar-refractivity contribution in [2.75, 3.05) is 32.3 Å². The van der Waals surface area contributed by atoms with Crippen LogP contribution in [0.15, 0.2) is 28.3 Å². The SMILES string of the molecule is COc1ccc(S(=O)(=O)N(C)C)cc1NC(=O)CSc1nnc(C(F)(F)F)n1C. The molecular weight excluding hydrogens is 435 g/mol. The van der Waals surface area contributed by atoms with Gasteiger partial charge < -0.3 is 14.6 Å². The van der Waals surface area contributed by atoms with Crippen LogP contribution in [-0.4, -0.2) is 60.4 Å². The number of thioether (sulfide) groups is 1. The summed E-state index contributed by atoms with van der Waals surface area (Å²) in [5, 5.41) is 8.90. The minimum absolute atomic E-state index is 0.0608. The molecule has 1 aromatic carbocycles. The second-order valence-corrected chi connectivity index (χ2v) is 8.94. The zero-order valence-electron chi connectivity index (χ0n) is 15.8. The quantitative estimate of drug-likeness (QED) is 0.638. The van der Waals surface area contributed by atoms with Gasteiger partial charge in [0.2, 0.25) is 21.8 Å². The van der Waals surface area contributed by atoms with Crippen molar-refractivity contribution in [1.82, 2.24) is 19.1 Å². The topological polar surface area (TPSA) is 106 Å². The molecule has 0 unspecified atom stereocenters. The summed E-state index contributed by atoms with van der Waals surface area (Å²) in [7, 11) is 1.48. The summed E-state index contributed by atoms with van der Waals surface area (Å²) < 4.78 is 69.6. The summed E-state index contributed by atoms with van der Waals surface area (Å²) in [6.07, 6.45) is -4.66. The van der Waals surface area contributed by atoms with Gasteiger partial charge in [0.15, 0.2) is 5.16 Å². The number of halogens is 3. The molecule has 0 aliphatic rings. The van der Waals surface area contributed by atoms with E-state index in [-0.39, 0.29) is 27.2 Å². The fraction of sp³-hybridized carbons (Fsp3) is 0.400. The normalized spacial score (nSPS) is 12.3. The van der Waals surface area contributed by atoms with E-state index >= 15 is 0 Å². The van der Waals surface area contributed by atoms with E-state index in [1.807, 2.05) is 0 Å². The summed E-state index contributed by atoms with van der Waals surface area (Å²) in [6, 6.07) is 3.95. The number of carbonyl (C=O) groups is 1. The molecule has 1 heterocycles. The first-order valence-corrected chi connectivity index (χ1v) is 10.3. The van der Waals surface area contributed by atoms with E-state index < -0.39 is 27.9 Å². The fourth-order valence-corrected chi connectivity index (χ4v) is 3.80. The number of carbonyl (C=O) groups excluding carboxylic acids is 1. The molecule has 0 aliphatic carbocycles. The Labute approximate surface area is 169 Å². The second-order valence-electron chi connectivity index (χ2n) is 5.85. The van der Waals surface area contributed by atoms with Crippen molar-refractivity contribution in [1.29, 1.82) is 0 Å². The highest BCUT2D eigenvalue weighted by Crippen LogP contribution is 2.31. The molecule has 0 bridgehead atoms. The fourth-order valence-electron chi connectivity index (χ4n) is 2.16. The lowest BCUT2D eigenvalue weighted by Crippen LogP contribution is -2.22. The van der Waals surface area contributed by atoms with E-state index in [4.69, 9.17) is 4.74 Å². The Morgan fingerprint density at radius 1 is 1.31 bits per heavy atom. The van der Waals surface area contributed by atoms with Crippen LogP contribution in [-0.2, 0) is 28.0 Å². The van der Waals surface area contributed by atoms with Crippen LogP contribution in [0.1, 0.15) is 5.82 Å². The first-order chi connectivity index (χ1) is 13.4. The Morgan fingerprint density at radius 3 is 2.48 bits per heavy atom. The van der Waals surface area contributed by atoms with Crippen LogP contribution in [0.4, 0.5) is 18.9 Å². The maximum absolute atomic E-state index is 12.7. The van der Waals surface area contributed by atoms with Crippen LogP contribution in [0, 0.1) is 0 Å². The molecule has 2 aromatic rings. The number of nitrogens with one attached hydrogen (secondary N) is 1. The zero-order chi connectivity index (χ0) is 22.0. The van der Waals surface area contributed by atoms with Gasteiger partial charge in [-0.05, 0) is 18.2 Å². The van der Waals surface area contributed by atoms with Crippen LogP contribution in [0.2, 0.25) is 0 Å². The molecule has 1 N–H and O–H groups in total. The van der Waals surface area contributed by atoms with Gasteiger partial charge in [0, 0.05) is 21.1 Å². The second kappa shape index (κ2) is 8.59. The number of sulfonamides is 1. The highest BCUT2D eigenvalue weighted by atomic mass is 32.2. The van der Waals surface area contributed by atoms with Gasteiger partial charge in [-0.1, -0.05) is 11.8 Å². The van der Waals surface area contributed by atoms with Gasteiger partial charge in [-0.25, -0.2) is 12.7 Å². The largest absolute Gasteiger partial charge is 0.495 e. The number of anilines is 1. The third-order valence-electron chi connectivity index (χ3n) is 3.64. The van der Waals surface area contributed by atoms with E-state index in [0.29, 0.717) is 0 Å². The number of hydrogen-bond donors (Lipinski definition) is 1. The van der Waals surface area contributed by atoms with Crippen LogP contribution in [0.3, 0.4) is 0 Å². The third kappa shape index (κ3) is 5.19. The average molecular weight is 453 g/mol. The van der Waals surface area contributed by atoms with Crippen molar-refractivity contribution in [2.45, 2.75) is 16.2 Å². The molecule has 0 saturated heterocycles. The Morgan fingerprint density at radius 2 is 1.97 bits per heavy atom. The summed E-state index contributed by atoms with van der Waals surface area (Å²) in [4.78, 5) is 12.2. The number of rotatable bonds is 7. The van der Waals surface area contributed by atoms with Crippen molar-refractivity contribution >= 4 is 33.4 Å². The standard InChI is InChI=1S/C15H18F3N5O4S2/c1-22(2)29(25,26)9-5-6-11(27-4)10(7-9)19-12(24)8-28-14-21-20-13(23(14)3)15(16,17)18/h5-7H,8H2,1-4H3,(H,19,24). The van der Waals surface area contributed by atoms with E-state index in [9.17, 15) is 26.4 Å². The smallest absolute Gasteiger partial charge is 0.451 e. The monoisotopic (exact) mass is 453 g/mol. The number of methoxy groups -OCH3 is 1. The molecule has 0 saturated carbocycles. The van der Waals surface area contributed by atoms with Crippen molar-refractivity contribution < 1.29 is 31.1 Å². The van der Waals surface area contributed by atoms with Gasteiger partial charge >= 0.3 is 6.18 Å². The molecule has 1 aromatic heterocycles. The van der Waals surface area contributed by atoms with Gasteiger partial charge in [0.1, 0.15) is 5.75 Å². The minimum Gasteiger partial charge on any atom is -0.495 e. The van der Waals surface area contributed by atoms with E-state index in [2.05, 4.69) is 15.5 Å². The molecule has 1 amide bonds. The molecule has 0 fully saturated rings. The number of ether oxygens (including phenoxy) is 1. The number of hydrogen-bond acceptors (Lipinski definition) is 7. The number of benzene rings is 1. The highest BCUT2D eigenvalue weighted by Gasteiger charge is 2.37. The summed E-state index contributed by atoms with van der Waals surface area (Å²) >= 11 is 0.749. The Kier molecular flexibility index (Phi) is 6.80. The molecule has 14 heteroatoms. The van der Waals surface area contributed by atoms with E-state index in [0.717, 1.165) is 27.7 Å². The minimum atomic E-state index is -4.66. The van der Waals surface area contributed by atoms with E-state index in [1.165, 1.54) is 39.4 Å². The lowest BCUT2D eigenvalue weighted by Gasteiger charge is -2.15. The molecule has 0 atom stereocenters. The molecular formula is C15H18F3N5O4S2. The van der Waals surface area contributed by atoms with Crippen LogP contribution in [0.5, 0.6) is 5.75 Å². The Bertz CT molecular complexity index is 1010. The van der Waals surface area contributed by atoms with Crippen molar-refractivity contribution in [3.63, 3.8) is 0 Å². The van der Waals surface area contributed by atoms with Crippen molar-refractivity contribution in [3.05, 3.63) is 24.0 Å². The number of aromatic nitrogens is 3. The van der Waals surface area contributed by atoms with Gasteiger partial charge in [-0.3, -0.25) is 4.79 Å². The predicted molar refractivity (Wildman–Crippen MR) is 99.2 cm³/mol. The number of alkyl halides is 3. The van der Waals surface area contributed by atoms with Crippen LogP contribution in [0.25, 0.3) is 0 Å². The Hall–Kier alpha value is -2.32. The molecule has 2 rings (SSSR count). The lowest BCUT2D eigenvalue weighted by molar-refractivity contribution is -0.147. The first-order valence-electron chi connectivity index (χ1n) is 7.87. The van der Waals surface area contributed by atoms with Gasteiger partial charge in [-0.2, -0.15) is 13.2 Å². The molecule has 0 spiro atoms.